The van der Waals surface area contributed by atoms with Crippen molar-refractivity contribution in [3.8, 4) is 11.6 Å². The third kappa shape index (κ3) is 10.1. The van der Waals surface area contributed by atoms with Gasteiger partial charge in [-0.25, -0.2) is 13.1 Å². The zero-order chi connectivity index (χ0) is 46.0. The van der Waals surface area contributed by atoms with E-state index in [1.54, 1.807) is 12.3 Å². The van der Waals surface area contributed by atoms with Gasteiger partial charge in [0.05, 0.1) is 40.9 Å². The van der Waals surface area contributed by atoms with Gasteiger partial charge in [-0.15, -0.1) is 0 Å². The summed E-state index contributed by atoms with van der Waals surface area (Å²) in [6.07, 6.45) is 5.59. The number of ether oxygens (including phenoxy) is 3. The Balaban J connectivity index is 0.975. The molecule has 1 aliphatic carbocycles. The highest BCUT2D eigenvalue weighted by molar-refractivity contribution is 7.90. The van der Waals surface area contributed by atoms with Gasteiger partial charge in [-0.05, 0) is 96.8 Å². The number of hydrogen-bond donors (Lipinski definition) is 2. The third-order valence-corrected chi connectivity index (χ3v) is 14.6. The van der Waals surface area contributed by atoms with Crippen molar-refractivity contribution in [2.24, 2.45) is 5.41 Å². The SMILES string of the molecule is CC1(C)CCC(CN2CCN(c3ccc(C(=O)NS(=O)(=O)c4ccc(OCCN5CCOCC5)c([N+](=O)[O-])c4)c(N4CCCOc5nc6[nH]ccc6cc54)c3)CC2)=C(c2ccc(Cl)cc2)C1. The first-order valence-electron chi connectivity index (χ1n) is 22.6. The van der Waals surface area contributed by atoms with Gasteiger partial charge in [0.25, 0.3) is 15.9 Å². The Morgan fingerprint density at radius 2 is 1.73 bits per heavy atom. The van der Waals surface area contributed by atoms with Gasteiger partial charge >= 0.3 is 5.69 Å². The lowest BCUT2D eigenvalue weighted by molar-refractivity contribution is -0.386. The third-order valence-electron chi connectivity index (χ3n) is 13.0. The van der Waals surface area contributed by atoms with E-state index in [1.165, 1.54) is 28.8 Å². The Bertz CT molecular complexity index is 2750. The molecule has 18 heteroatoms. The van der Waals surface area contributed by atoms with Crippen LogP contribution in [-0.4, -0.2) is 124 Å². The van der Waals surface area contributed by atoms with Crippen molar-refractivity contribution in [2.45, 2.75) is 44.4 Å². The number of allylic oxidation sites excluding steroid dienone is 1. The first-order valence-corrected chi connectivity index (χ1v) is 24.4. The summed E-state index contributed by atoms with van der Waals surface area (Å²) in [4.78, 5) is 42.2. The molecule has 0 unspecified atom stereocenters. The molecule has 0 atom stereocenters. The number of carbonyl (C=O) groups excluding carboxylic acids is 1. The maximum Gasteiger partial charge on any atom is 0.312 e. The molecule has 2 fully saturated rings. The van der Waals surface area contributed by atoms with Crippen molar-refractivity contribution in [2.75, 3.05) is 95.1 Å². The van der Waals surface area contributed by atoms with Crippen molar-refractivity contribution >= 4 is 66.9 Å². The molecule has 9 rings (SSSR count). The highest BCUT2D eigenvalue weighted by atomic mass is 35.5. The average Bonchev–Trinajstić information content (AvgIpc) is 3.67. The average molecular weight is 940 g/mol. The number of aromatic nitrogens is 2. The number of piperazine rings is 1. The predicted octanol–water partition coefficient (Wildman–Crippen LogP) is 7.66. The maximum atomic E-state index is 14.4. The Kier molecular flexibility index (Phi) is 13.3. The number of pyridine rings is 1. The molecular formula is C48H55ClN8O8S. The second-order valence-electron chi connectivity index (χ2n) is 18.1. The fourth-order valence-corrected chi connectivity index (χ4v) is 10.4. The monoisotopic (exact) mass is 938 g/mol. The molecule has 5 heterocycles. The number of fused-ring (bicyclic) bond motifs is 2. The summed E-state index contributed by atoms with van der Waals surface area (Å²) < 4.78 is 47.3. The van der Waals surface area contributed by atoms with Crippen molar-refractivity contribution in [3.05, 3.63) is 111 Å². The zero-order valence-corrected chi connectivity index (χ0v) is 38.8. The Morgan fingerprint density at radius 1 is 0.939 bits per heavy atom. The second-order valence-corrected chi connectivity index (χ2v) is 20.2. The molecule has 2 saturated heterocycles. The minimum absolute atomic E-state index is 0.0674. The van der Waals surface area contributed by atoms with Crippen LogP contribution in [0.15, 0.2) is 89.5 Å². The summed E-state index contributed by atoms with van der Waals surface area (Å²) in [6, 6.07) is 20.9. The minimum atomic E-state index is -4.60. The van der Waals surface area contributed by atoms with Crippen LogP contribution in [0.25, 0.3) is 16.6 Å². The number of H-pyrrole nitrogens is 1. The van der Waals surface area contributed by atoms with Crippen LogP contribution < -0.4 is 24.0 Å². The van der Waals surface area contributed by atoms with Crippen LogP contribution >= 0.6 is 11.6 Å². The molecule has 1 amide bonds. The number of nitrogens with zero attached hydrogens (tertiary/aromatic N) is 6. The number of nitro groups is 1. The Morgan fingerprint density at radius 3 is 2.50 bits per heavy atom. The van der Waals surface area contributed by atoms with E-state index in [9.17, 15) is 23.3 Å². The van der Waals surface area contributed by atoms with Gasteiger partial charge in [0.2, 0.25) is 5.88 Å². The van der Waals surface area contributed by atoms with E-state index >= 15 is 0 Å². The molecule has 0 radical (unpaired) electrons. The number of aromatic amines is 1. The van der Waals surface area contributed by atoms with Gasteiger partial charge in [0.1, 0.15) is 17.9 Å². The van der Waals surface area contributed by atoms with E-state index < -0.39 is 31.4 Å². The standard InChI is InChI=1S/C48H55ClN8O8S/c1-48(2)14-12-35(40(31-48)33-4-6-36(49)7-5-33)32-54-17-19-55(20-18-54)37-8-10-39(41(29-37)56-16-3-24-65-47-43(56)28-34-13-15-50-45(34)51-47)46(58)52-66(61,62)38-9-11-44(42(30-38)57(59)60)64-27-23-53-21-25-63-26-22-53/h4-11,13,15,28-30H,3,12,14,16-27,31-32H2,1-2H3,(H,50,51)(H,52,58). The van der Waals surface area contributed by atoms with E-state index in [4.69, 9.17) is 30.8 Å². The van der Waals surface area contributed by atoms with Crippen molar-refractivity contribution in [1.29, 1.82) is 0 Å². The van der Waals surface area contributed by atoms with E-state index in [2.05, 4.69) is 50.4 Å². The number of carbonyl (C=O) groups is 1. The molecule has 4 aliphatic rings. The van der Waals surface area contributed by atoms with Crippen LogP contribution in [0.3, 0.4) is 0 Å². The number of morpholine rings is 1. The number of benzene rings is 3. The van der Waals surface area contributed by atoms with Gasteiger partial charge in [-0.2, -0.15) is 4.98 Å². The quantitative estimate of drug-likeness (QED) is 0.0871. The fraction of sp³-hybridized carbons (Fsp3) is 0.417. The van der Waals surface area contributed by atoms with Crippen molar-refractivity contribution in [1.82, 2.24) is 24.5 Å². The zero-order valence-electron chi connectivity index (χ0n) is 37.3. The van der Waals surface area contributed by atoms with Crippen molar-refractivity contribution in [3.63, 3.8) is 0 Å². The number of hydrogen-bond acceptors (Lipinski definition) is 13. The summed E-state index contributed by atoms with van der Waals surface area (Å²) in [5.74, 6) is -0.571. The molecule has 348 valence electrons. The van der Waals surface area contributed by atoms with Crippen LogP contribution in [0.1, 0.15) is 55.5 Å². The van der Waals surface area contributed by atoms with E-state index in [0.717, 1.165) is 87.2 Å². The van der Waals surface area contributed by atoms with Crippen LogP contribution in [0.2, 0.25) is 5.02 Å². The molecule has 66 heavy (non-hydrogen) atoms. The number of rotatable bonds is 13. The lowest BCUT2D eigenvalue weighted by Gasteiger charge is -2.39. The van der Waals surface area contributed by atoms with E-state index in [0.29, 0.717) is 62.2 Å². The number of amides is 1. The lowest BCUT2D eigenvalue weighted by Crippen LogP contribution is -2.47. The maximum absolute atomic E-state index is 14.4. The van der Waals surface area contributed by atoms with Gasteiger partial charge in [-0.3, -0.25) is 24.7 Å². The molecule has 0 spiro atoms. The molecule has 0 bridgehead atoms. The molecule has 0 saturated carbocycles. The number of halogens is 1. The summed E-state index contributed by atoms with van der Waals surface area (Å²) in [6.45, 7) is 12.9. The fourth-order valence-electron chi connectivity index (χ4n) is 9.32. The normalized spacial score (nSPS) is 18.4. The number of anilines is 3. The van der Waals surface area contributed by atoms with Gasteiger partial charge in [0.15, 0.2) is 5.75 Å². The molecule has 3 aromatic carbocycles. The highest BCUT2D eigenvalue weighted by Gasteiger charge is 2.32. The summed E-state index contributed by atoms with van der Waals surface area (Å²) >= 11 is 6.27. The topological polar surface area (TPSA) is 176 Å². The first kappa shape index (κ1) is 45.4. The number of sulfonamides is 1. The molecule has 3 aliphatic heterocycles. The molecule has 2 aromatic heterocycles. The minimum Gasteiger partial charge on any atom is -0.485 e. The lowest BCUT2D eigenvalue weighted by atomic mass is 9.72. The van der Waals surface area contributed by atoms with Gasteiger partial charge in [-0.1, -0.05) is 43.2 Å². The summed E-state index contributed by atoms with van der Waals surface area (Å²) in [5.41, 5.74) is 6.57. The smallest absolute Gasteiger partial charge is 0.312 e. The van der Waals surface area contributed by atoms with Crippen LogP contribution in [0.4, 0.5) is 22.7 Å². The van der Waals surface area contributed by atoms with Crippen LogP contribution in [0, 0.1) is 15.5 Å². The van der Waals surface area contributed by atoms with E-state index in [1.807, 2.05) is 41.3 Å². The number of nitro benzene ring substituents is 1. The summed E-state index contributed by atoms with van der Waals surface area (Å²) in [7, 11) is -4.60. The molecular weight excluding hydrogens is 884 g/mol. The second kappa shape index (κ2) is 19.2. The predicted molar refractivity (Wildman–Crippen MR) is 255 cm³/mol. The van der Waals surface area contributed by atoms with Crippen molar-refractivity contribution < 1.29 is 32.3 Å². The Labute approximate surface area is 389 Å². The van der Waals surface area contributed by atoms with Gasteiger partial charge in [0, 0.05) is 87.3 Å². The number of nitrogens with one attached hydrogen (secondary N) is 2. The molecule has 16 nitrogen and oxygen atoms in total. The molecule has 5 aromatic rings. The van der Waals surface area contributed by atoms with Crippen LogP contribution in [0.5, 0.6) is 11.6 Å². The first-order chi connectivity index (χ1) is 31.8. The van der Waals surface area contributed by atoms with E-state index in [-0.39, 0.29) is 23.3 Å². The Hall–Kier alpha value is -5.72. The largest absolute Gasteiger partial charge is 0.485 e. The molecule has 2 N–H and O–H groups in total. The highest BCUT2D eigenvalue weighted by Crippen LogP contribution is 2.44. The summed E-state index contributed by atoms with van der Waals surface area (Å²) in [5, 5.41) is 13.7. The van der Waals surface area contributed by atoms with Crippen LogP contribution in [-0.2, 0) is 14.8 Å². The van der Waals surface area contributed by atoms with Gasteiger partial charge < -0.3 is 29.0 Å².